The number of hydrogen-bond donors (Lipinski definition) is 1. The van der Waals surface area contributed by atoms with E-state index in [0.29, 0.717) is 16.7 Å². The first-order valence-electron chi connectivity index (χ1n) is 9.27. The zero-order chi connectivity index (χ0) is 20.8. The average Bonchev–Trinajstić information content (AvgIpc) is 3.10. The average molecular weight is 427 g/mol. The fourth-order valence-corrected chi connectivity index (χ4v) is 3.95. The molecule has 0 aliphatic rings. The number of carbonyl (C=O) groups excluding carboxylic acids is 1. The second-order valence-electron chi connectivity index (χ2n) is 6.65. The molecule has 7 heteroatoms. The van der Waals surface area contributed by atoms with Crippen LogP contribution in [0.4, 0.5) is 0 Å². The number of nitrogens with zero attached hydrogens (tertiary/aromatic N) is 3. The van der Waals surface area contributed by atoms with Gasteiger partial charge in [0.25, 0.3) is 0 Å². The third-order valence-corrected chi connectivity index (χ3v) is 5.71. The molecule has 0 radical (unpaired) electrons. The summed E-state index contributed by atoms with van der Waals surface area (Å²) in [5.41, 5.74) is 3.19. The monoisotopic (exact) mass is 426 g/mol. The van der Waals surface area contributed by atoms with Crippen LogP contribution in [0.2, 0.25) is 5.02 Å². The number of hydrogen-bond acceptors (Lipinski definition) is 4. The van der Waals surface area contributed by atoms with Gasteiger partial charge in [-0.1, -0.05) is 53.7 Å². The summed E-state index contributed by atoms with van der Waals surface area (Å²) in [6.45, 7) is 8.40. The lowest BCUT2D eigenvalue weighted by atomic mass is 10.0. The highest BCUT2D eigenvalue weighted by molar-refractivity contribution is 7.99. The lowest BCUT2D eigenvalue weighted by molar-refractivity contribution is -0.119. The number of thioether (sulfide) groups is 1. The Balaban J connectivity index is 1.68. The standard InChI is InChI=1S/C22H23ClN4OS/c1-4-13-27-21(17-9-11-18(23)12-10-17)25-26-22(27)29-14-20(28)24-16(3)19-8-6-5-7-15(19)2/h4-12,16H,1,13-14H2,2-3H3,(H,24,28). The molecule has 1 aromatic heterocycles. The van der Waals surface area contributed by atoms with Crippen molar-refractivity contribution in [1.29, 1.82) is 0 Å². The maximum absolute atomic E-state index is 12.5. The number of aromatic nitrogens is 3. The van der Waals surface area contributed by atoms with E-state index in [0.717, 1.165) is 22.5 Å². The van der Waals surface area contributed by atoms with Crippen LogP contribution in [0.5, 0.6) is 0 Å². The molecule has 1 N–H and O–H groups in total. The summed E-state index contributed by atoms with van der Waals surface area (Å²) in [4.78, 5) is 12.5. The number of benzene rings is 2. The number of carbonyl (C=O) groups is 1. The van der Waals surface area contributed by atoms with Gasteiger partial charge in [-0.2, -0.15) is 0 Å². The van der Waals surface area contributed by atoms with Crippen LogP contribution in [-0.4, -0.2) is 26.4 Å². The lowest BCUT2D eigenvalue weighted by Crippen LogP contribution is -2.28. The van der Waals surface area contributed by atoms with Crippen LogP contribution in [-0.2, 0) is 11.3 Å². The molecule has 0 bridgehead atoms. The third-order valence-electron chi connectivity index (χ3n) is 4.50. The molecule has 1 heterocycles. The smallest absolute Gasteiger partial charge is 0.230 e. The second kappa shape index (κ2) is 9.76. The van der Waals surface area contributed by atoms with Gasteiger partial charge in [-0.15, -0.1) is 16.8 Å². The van der Waals surface area contributed by atoms with E-state index >= 15 is 0 Å². The van der Waals surface area contributed by atoms with Crippen LogP contribution in [0.15, 0.2) is 66.3 Å². The molecule has 0 aliphatic heterocycles. The minimum Gasteiger partial charge on any atom is -0.349 e. The minimum atomic E-state index is -0.0556. The Morgan fingerprint density at radius 2 is 1.97 bits per heavy atom. The molecule has 0 aliphatic carbocycles. The Labute approximate surface area is 180 Å². The van der Waals surface area contributed by atoms with Crippen molar-refractivity contribution in [3.63, 3.8) is 0 Å². The second-order valence-corrected chi connectivity index (χ2v) is 8.03. The normalized spacial score (nSPS) is 11.8. The summed E-state index contributed by atoms with van der Waals surface area (Å²) in [6, 6.07) is 15.4. The number of rotatable bonds is 8. The first-order chi connectivity index (χ1) is 14.0. The molecule has 29 heavy (non-hydrogen) atoms. The van der Waals surface area contributed by atoms with E-state index in [4.69, 9.17) is 11.6 Å². The molecule has 0 saturated heterocycles. The van der Waals surface area contributed by atoms with Gasteiger partial charge in [-0.05, 0) is 49.2 Å². The molecular weight excluding hydrogens is 404 g/mol. The van der Waals surface area contributed by atoms with Gasteiger partial charge >= 0.3 is 0 Å². The highest BCUT2D eigenvalue weighted by Gasteiger charge is 2.16. The molecule has 1 unspecified atom stereocenters. The fourth-order valence-electron chi connectivity index (χ4n) is 3.07. The highest BCUT2D eigenvalue weighted by Crippen LogP contribution is 2.25. The molecule has 150 valence electrons. The number of allylic oxidation sites excluding steroid dienone is 1. The van der Waals surface area contributed by atoms with Crippen molar-refractivity contribution in [3.05, 3.63) is 77.3 Å². The number of aryl methyl sites for hydroxylation is 1. The van der Waals surface area contributed by atoms with Gasteiger partial charge in [0.15, 0.2) is 11.0 Å². The topological polar surface area (TPSA) is 59.8 Å². The van der Waals surface area contributed by atoms with Gasteiger partial charge in [0.2, 0.25) is 5.91 Å². The maximum Gasteiger partial charge on any atom is 0.230 e. The summed E-state index contributed by atoms with van der Waals surface area (Å²) < 4.78 is 1.94. The van der Waals surface area contributed by atoms with Crippen molar-refractivity contribution in [2.75, 3.05) is 5.75 Å². The quantitative estimate of drug-likeness (QED) is 0.404. The van der Waals surface area contributed by atoms with Crippen molar-refractivity contribution < 1.29 is 4.79 Å². The first kappa shape index (κ1) is 21.1. The SMILES string of the molecule is C=CCn1c(SCC(=O)NC(C)c2ccccc2C)nnc1-c1ccc(Cl)cc1. The molecule has 0 fully saturated rings. The Hall–Kier alpha value is -2.57. The molecule has 5 nitrogen and oxygen atoms in total. The van der Waals surface area contributed by atoms with E-state index in [9.17, 15) is 4.79 Å². The fraction of sp³-hybridized carbons (Fsp3) is 0.227. The van der Waals surface area contributed by atoms with Gasteiger partial charge in [0, 0.05) is 17.1 Å². The molecule has 0 saturated carbocycles. The van der Waals surface area contributed by atoms with Crippen molar-refractivity contribution in [3.8, 4) is 11.4 Å². The summed E-state index contributed by atoms with van der Waals surface area (Å²) in [5, 5.41) is 13.0. The van der Waals surface area contributed by atoms with Gasteiger partial charge < -0.3 is 5.32 Å². The molecule has 1 amide bonds. The zero-order valence-electron chi connectivity index (χ0n) is 16.4. The van der Waals surface area contributed by atoms with Crippen molar-refractivity contribution in [1.82, 2.24) is 20.1 Å². The highest BCUT2D eigenvalue weighted by atomic mass is 35.5. The Morgan fingerprint density at radius 3 is 2.66 bits per heavy atom. The Kier molecular flexibility index (Phi) is 7.12. The largest absolute Gasteiger partial charge is 0.349 e. The van der Waals surface area contributed by atoms with E-state index < -0.39 is 0 Å². The number of halogens is 1. The van der Waals surface area contributed by atoms with Crippen LogP contribution in [0.3, 0.4) is 0 Å². The summed E-state index contributed by atoms with van der Waals surface area (Å²) in [6.07, 6.45) is 1.78. The number of amides is 1. The van der Waals surface area contributed by atoms with E-state index in [1.54, 1.807) is 6.08 Å². The molecule has 3 rings (SSSR count). The predicted molar refractivity (Wildman–Crippen MR) is 119 cm³/mol. The van der Waals surface area contributed by atoms with E-state index in [1.807, 2.05) is 66.9 Å². The van der Waals surface area contributed by atoms with Crippen molar-refractivity contribution >= 4 is 29.3 Å². The predicted octanol–water partition coefficient (Wildman–Crippen LogP) is 5.06. The van der Waals surface area contributed by atoms with Gasteiger partial charge in [0.1, 0.15) is 0 Å². The first-order valence-corrected chi connectivity index (χ1v) is 10.6. The number of nitrogens with one attached hydrogen (secondary N) is 1. The van der Waals surface area contributed by atoms with E-state index in [2.05, 4.69) is 22.1 Å². The zero-order valence-corrected chi connectivity index (χ0v) is 18.0. The minimum absolute atomic E-state index is 0.0491. The van der Waals surface area contributed by atoms with Gasteiger partial charge in [0.05, 0.1) is 11.8 Å². The van der Waals surface area contributed by atoms with Crippen LogP contribution in [0.1, 0.15) is 24.1 Å². The van der Waals surface area contributed by atoms with Crippen LogP contribution in [0, 0.1) is 6.92 Å². The van der Waals surface area contributed by atoms with Gasteiger partial charge in [-0.3, -0.25) is 9.36 Å². The van der Waals surface area contributed by atoms with E-state index in [-0.39, 0.29) is 17.7 Å². The Bertz CT molecular complexity index is 1000. The molecular formula is C22H23ClN4OS. The summed E-state index contributed by atoms with van der Waals surface area (Å²) in [5.74, 6) is 0.927. The van der Waals surface area contributed by atoms with Crippen LogP contribution < -0.4 is 5.32 Å². The van der Waals surface area contributed by atoms with Gasteiger partial charge in [-0.25, -0.2) is 0 Å². The Morgan fingerprint density at radius 1 is 1.24 bits per heavy atom. The van der Waals surface area contributed by atoms with E-state index in [1.165, 1.54) is 11.8 Å². The molecule has 0 spiro atoms. The summed E-state index contributed by atoms with van der Waals surface area (Å²) >= 11 is 7.34. The molecule has 2 aromatic carbocycles. The van der Waals surface area contributed by atoms with Crippen LogP contribution >= 0.6 is 23.4 Å². The third kappa shape index (κ3) is 5.28. The molecule has 1 atom stereocenters. The maximum atomic E-state index is 12.5. The van der Waals surface area contributed by atoms with Crippen LogP contribution in [0.25, 0.3) is 11.4 Å². The molecule has 3 aromatic rings. The lowest BCUT2D eigenvalue weighted by Gasteiger charge is -2.16. The van der Waals surface area contributed by atoms with Crippen molar-refractivity contribution in [2.45, 2.75) is 31.6 Å². The van der Waals surface area contributed by atoms with Crippen molar-refractivity contribution in [2.24, 2.45) is 0 Å². The summed E-state index contributed by atoms with van der Waals surface area (Å²) in [7, 11) is 0.